The second-order valence-electron chi connectivity index (χ2n) is 5.64. The fraction of sp³-hybridized carbons (Fsp3) is 0.200. The van der Waals surface area contributed by atoms with Gasteiger partial charge in [-0.3, -0.25) is 0 Å². The summed E-state index contributed by atoms with van der Waals surface area (Å²) in [4.78, 5) is 18.2. The van der Waals surface area contributed by atoms with Crippen LogP contribution in [0.2, 0.25) is 0 Å². The van der Waals surface area contributed by atoms with E-state index in [0.29, 0.717) is 0 Å². The van der Waals surface area contributed by atoms with Crippen LogP contribution >= 0.6 is 11.3 Å². The molecule has 1 atom stereocenters. The van der Waals surface area contributed by atoms with E-state index in [9.17, 15) is 0 Å². The van der Waals surface area contributed by atoms with Crippen LogP contribution in [0.1, 0.15) is 18.1 Å². The van der Waals surface area contributed by atoms with Gasteiger partial charge in [0.1, 0.15) is 11.9 Å². The van der Waals surface area contributed by atoms with Crippen LogP contribution in [0.5, 0.6) is 5.75 Å². The number of carboxylic acid groups (broad SMARTS) is 2. The molecule has 0 amide bonds. The molecular formula is C20H21NO5S. The van der Waals surface area contributed by atoms with E-state index < -0.39 is 11.9 Å². The molecule has 0 unspecified atom stereocenters. The molecule has 7 heteroatoms. The molecule has 0 saturated carbocycles. The first-order valence-corrected chi connectivity index (χ1v) is 9.19. The Morgan fingerprint density at radius 3 is 2.41 bits per heavy atom. The predicted octanol–water partition coefficient (Wildman–Crippen LogP) is 3.79. The maximum atomic E-state index is 9.10. The molecule has 0 radical (unpaired) electrons. The molecule has 6 nitrogen and oxygen atoms in total. The summed E-state index contributed by atoms with van der Waals surface area (Å²) in [5.41, 5.74) is 1.22. The van der Waals surface area contributed by atoms with Crippen molar-refractivity contribution in [1.29, 1.82) is 0 Å². The standard InChI is InChI=1S/C18H19NOS.C2H2O4/c1-19-11-9-17(14-5-3-2-4-6-14)20-16-7-8-18-15(13-16)10-12-21-18;3-1(4)2(5)6/h2-8,10,12-13,17,19H,9,11H2,1H3;(H,3,4)(H,5,6)/t17-;/m0./s1. The van der Waals surface area contributed by atoms with Crippen LogP contribution in [0, 0.1) is 0 Å². The van der Waals surface area contributed by atoms with Gasteiger partial charge in [0.2, 0.25) is 0 Å². The number of ether oxygens (including phenoxy) is 1. The summed E-state index contributed by atoms with van der Waals surface area (Å²) in [6.45, 7) is 0.931. The fourth-order valence-electron chi connectivity index (χ4n) is 2.42. The van der Waals surface area contributed by atoms with Crippen LogP contribution in [0.25, 0.3) is 10.1 Å². The third-order valence-corrected chi connectivity index (χ3v) is 4.61. The van der Waals surface area contributed by atoms with Gasteiger partial charge in [-0.15, -0.1) is 11.3 Å². The van der Waals surface area contributed by atoms with E-state index in [1.54, 1.807) is 11.3 Å². The molecule has 0 fully saturated rings. The van der Waals surface area contributed by atoms with Crippen LogP contribution in [0.4, 0.5) is 0 Å². The van der Waals surface area contributed by atoms with Crippen molar-refractivity contribution in [2.45, 2.75) is 12.5 Å². The Balaban J connectivity index is 0.000000380. The van der Waals surface area contributed by atoms with E-state index >= 15 is 0 Å². The monoisotopic (exact) mass is 387 g/mol. The van der Waals surface area contributed by atoms with Gasteiger partial charge in [-0.2, -0.15) is 0 Å². The zero-order chi connectivity index (χ0) is 19.6. The Morgan fingerprint density at radius 2 is 1.78 bits per heavy atom. The number of nitrogens with one attached hydrogen (secondary N) is 1. The van der Waals surface area contributed by atoms with Crippen molar-refractivity contribution >= 4 is 33.4 Å². The third kappa shape index (κ3) is 6.40. The second kappa shape index (κ2) is 10.3. The lowest BCUT2D eigenvalue weighted by atomic mass is 10.1. The summed E-state index contributed by atoms with van der Waals surface area (Å²) in [7, 11) is 1.97. The topological polar surface area (TPSA) is 95.9 Å². The molecule has 1 heterocycles. The highest BCUT2D eigenvalue weighted by Gasteiger charge is 2.13. The number of aliphatic carboxylic acids is 2. The van der Waals surface area contributed by atoms with Crippen LogP contribution < -0.4 is 10.1 Å². The number of benzene rings is 2. The lowest BCUT2D eigenvalue weighted by Gasteiger charge is -2.19. The molecule has 3 N–H and O–H groups in total. The molecule has 0 saturated heterocycles. The van der Waals surface area contributed by atoms with E-state index in [2.05, 4.69) is 59.2 Å². The van der Waals surface area contributed by atoms with E-state index in [4.69, 9.17) is 24.5 Å². The first kappa shape index (κ1) is 20.4. The number of rotatable bonds is 6. The summed E-state index contributed by atoms with van der Waals surface area (Å²) in [5.74, 6) is -2.71. The molecule has 27 heavy (non-hydrogen) atoms. The Labute approximate surface area is 161 Å². The summed E-state index contributed by atoms with van der Waals surface area (Å²) < 4.78 is 7.54. The Bertz CT molecular complexity index is 866. The average Bonchev–Trinajstić information content (AvgIpc) is 3.14. The first-order chi connectivity index (χ1) is 13.0. The van der Waals surface area contributed by atoms with Crippen LogP contribution in [-0.4, -0.2) is 35.7 Å². The van der Waals surface area contributed by atoms with Crippen molar-refractivity contribution in [1.82, 2.24) is 5.32 Å². The van der Waals surface area contributed by atoms with Crippen molar-refractivity contribution < 1.29 is 24.5 Å². The third-order valence-electron chi connectivity index (χ3n) is 3.71. The molecule has 142 valence electrons. The largest absolute Gasteiger partial charge is 0.486 e. The highest BCUT2D eigenvalue weighted by atomic mass is 32.1. The van der Waals surface area contributed by atoms with E-state index in [1.165, 1.54) is 15.6 Å². The molecule has 0 bridgehead atoms. The number of carbonyl (C=O) groups is 2. The summed E-state index contributed by atoms with van der Waals surface area (Å²) in [6.07, 6.45) is 1.03. The highest BCUT2D eigenvalue weighted by Crippen LogP contribution is 2.29. The van der Waals surface area contributed by atoms with Crippen molar-refractivity contribution in [3.05, 3.63) is 65.5 Å². The SMILES string of the molecule is CNCC[C@H](Oc1ccc2sccc2c1)c1ccccc1.O=C(O)C(=O)O. The van der Waals surface area contributed by atoms with Crippen LogP contribution in [0.15, 0.2) is 60.0 Å². The number of hydrogen-bond donors (Lipinski definition) is 3. The first-order valence-electron chi connectivity index (χ1n) is 8.31. The van der Waals surface area contributed by atoms with E-state index in [1.807, 2.05) is 13.1 Å². The Hall–Kier alpha value is -2.90. The van der Waals surface area contributed by atoms with Gasteiger partial charge in [-0.1, -0.05) is 30.3 Å². The van der Waals surface area contributed by atoms with Crippen molar-refractivity contribution in [3.8, 4) is 5.75 Å². The van der Waals surface area contributed by atoms with Gasteiger partial charge < -0.3 is 20.3 Å². The maximum absolute atomic E-state index is 9.10. The van der Waals surface area contributed by atoms with Gasteiger partial charge in [-0.05, 0) is 54.2 Å². The maximum Gasteiger partial charge on any atom is 0.414 e. The molecule has 0 aliphatic carbocycles. The second-order valence-corrected chi connectivity index (χ2v) is 6.59. The van der Waals surface area contributed by atoms with Crippen molar-refractivity contribution in [3.63, 3.8) is 0 Å². The van der Waals surface area contributed by atoms with Crippen molar-refractivity contribution in [2.75, 3.05) is 13.6 Å². The molecule has 0 spiro atoms. The lowest BCUT2D eigenvalue weighted by Crippen LogP contribution is -2.16. The van der Waals surface area contributed by atoms with Gasteiger partial charge in [0.05, 0.1) is 0 Å². The molecular weight excluding hydrogens is 366 g/mol. The smallest absolute Gasteiger partial charge is 0.414 e. The summed E-state index contributed by atoms with van der Waals surface area (Å²) in [5, 5.41) is 21.3. The van der Waals surface area contributed by atoms with Gasteiger partial charge >= 0.3 is 11.9 Å². The van der Waals surface area contributed by atoms with Crippen LogP contribution in [0.3, 0.4) is 0 Å². The minimum Gasteiger partial charge on any atom is -0.486 e. The molecule has 3 aromatic rings. The molecule has 0 aliphatic rings. The van der Waals surface area contributed by atoms with E-state index in [-0.39, 0.29) is 6.10 Å². The highest BCUT2D eigenvalue weighted by molar-refractivity contribution is 7.17. The van der Waals surface area contributed by atoms with Gasteiger partial charge in [0, 0.05) is 11.1 Å². The fourth-order valence-corrected chi connectivity index (χ4v) is 3.19. The van der Waals surface area contributed by atoms with Gasteiger partial charge in [0.15, 0.2) is 0 Å². The average molecular weight is 387 g/mol. The zero-order valence-corrected chi connectivity index (χ0v) is 15.6. The number of carboxylic acids is 2. The normalized spacial score (nSPS) is 11.3. The minimum absolute atomic E-state index is 0.0785. The van der Waals surface area contributed by atoms with Gasteiger partial charge in [0.25, 0.3) is 0 Å². The number of hydrogen-bond acceptors (Lipinski definition) is 5. The number of fused-ring (bicyclic) bond motifs is 1. The summed E-state index contributed by atoms with van der Waals surface area (Å²) >= 11 is 1.76. The van der Waals surface area contributed by atoms with Crippen LogP contribution in [-0.2, 0) is 9.59 Å². The Morgan fingerprint density at radius 1 is 1.07 bits per heavy atom. The Kier molecular flexibility index (Phi) is 7.79. The number of thiophene rings is 1. The molecule has 3 rings (SSSR count). The minimum atomic E-state index is -1.82. The predicted molar refractivity (Wildman–Crippen MR) is 105 cm³/mol. The van der Waals surface area contributed by atoms with Crippen molar-refractivity contribution in [2.24, 2.45) is 0 Å². The molecule has 1 aromatic heterocycles. The molecule has 2 aromatic carbocycles. The van der Waals surface area contributed by atoms with E-state index in [0.717, 1.165) is 18.7 Å². The lowest BCUT2D eigenvalue weighted by molar-refractivity contribution is -0.159. The summed E-state index contributed by atoms with van der Waals surface area (Å²) in [6, 6.07) is 18.9. The van der Waals surface area contributed by atoms with Gasteiger partial charge in [-0.25, -0.2) is 9.59 Å². The quantitative estimate of drug-likeness (QED) is 0.557. The zero-order valence-electron chi connectivity index (χ0n) is 14.8. The molecule has 0 aliphatic heterocycles.